The minimum atomic E-state index is -0.900. The van der Waals surface area contributed by atoms with E-state index in [4.69, 9.17) is 18.3 Å². The van der Waals surface area contributed by atoms with Crippen LogP contribution in [0.4, 0.5) is 4.79 Å². The number of nitrogens with zero attached hydrogens (tertiary/aromatic N) is 3. The molecule has 10 nitrogen and oxygen atoms in total. The largest absolute Gasteiger partial charge is 0.464 e. The second kappa shape index (κ2) is 6.93. The van der Waals surface area contributed by atoms with Crippen molar-refractivity contribution in [3.8, 4) is 11.6 Å². The third kappa shape index (κ3) is 3.86. The van der Waals surface area contributed by atoms with Gasteiger partial charge in [-0.2, -0.15) is 0 Å². The molecule has 1 atom stereocenters. The Kier molecular flexibility index (Phi) is 4.92. The summed E-state index contributed by atoms with van der Waals surface area (Å²) in [6.07, 6.45) is 1.97. The summed E-state index contributed by atoms with van der Waals surface area (Å²) in [5.74, 6) is -0.289. The van der Waals surface area contributed by atoms with E-state index in [9.17, 15) is 9.59 Å². The molecule has 0 aliphatic carbocycles. The van der Waals surface area contributed by atoms with E-state index in [1.807, 2.05) is 0 Å². The van der Waals surface area contributed by atoms with Gasteiger partial charge >= 0.3 is 12.1 Å². The molecule has 152 valence electrons. The molecule has 10 heteroatoms. The number of esters is 1. The second-order valence-corrected chi connectivity index (χ2v) is 7.72. The molecule has 0 spiro atoms. The van der Waals surface area contributed by atoms with Crippen molar-refractivity contribution in [1.82, 2.24) is 14.9 Å². The summed E-state index contributed by atoms with van der Waals surface area (Å²) in [6, 6.07) is -0.589. The molecule has 1 fully saturated rings. The van der Waals surface area contributed by atoms with Crippen LogP contribution in [0.15, 0.2) is 21.4 Å². The van der Waals surface area contributed by atoms with E-state index < -0.39 is 29.4 Å². The average Bonchev–Trinajstić information content (AvgIpc) is 3.29. The van der Waals surface area contributed by atoms with Crippen LogP contribution in [0, 0.1) is 0 Å². The van der Waals surface area contributed by atoms with Crippen LogP contribution in [0.1, 0.15) is 57.0 Å². The minimum absolute atomic E-state index is 0.0164. The van der Waals surface area contributed by atoms with Gasteiger partial charge in [0.2, 0.25) is 11.8 Å². The Balaban J connectivity index is 1.86. The molecule has 3 rings (SSSR count). The summed E-state index contributed by atoms with van der Waals surface area (Å²) in [5, 5.41) is 0. The van der Waals surface area contributed by atoms with Gasteiger partial charge in [-0.25, -0.2) is 19.6 Å². The van der Waals surface area contributed by atoms with Crippen molar-refractivity contribution >= 4 is 12.1 Å². The van der Waals surface area contributed by atoms with Gasteiger partial charge in [0.1, 0.15) is 29.9 Å². The lowest BCUT2D eigenvalue weighted by Crippen LogP contribution is -2.47. The van der Waals surface area contributed by atoms with Crippen LogP contribution in [-0.2, 0) is 14.2 Å². The minimum Gasteiger partial charge on any atom is -0.464 e. The summed E-state index contributed by atoms with van der Waals surface area (Å²) in [7, 11) is 1.25. The topological polar surface area (TPSA) is 117 Å². The van der Waals surface area contributed by atoms with Crippen molar-refractivity contribution < 1.29 is 32.6 Å². The van der Waals surface area contributed by atoms with E-state index in [2.05, 4.69) is 14.7 Å². The smallest absolute Gasteiger partial charge is 0.413 e. The zero-order valence-electron chi connectivity index (χ0n) is 16.6. The van der Waals surface area contributed by atoms with Crippen LogP contribution >= 0.6 is 0 Å². The first kappa shape index (κ1) is 19.9. The van der Waals surface area contributed by atoms with Gasteiger partial charge in [-0.1, -0.05) is 0 Å². The molecule has 1 amide bonds. The van der Waals surface area contributed by atoms with Crippen molar-refractivity contribution in [2.75, 3.05) is 13.7 Å². The predicted molar refractivity (Wildman–Crippen MR) is 94.2 cm³/mol. The molecular formula is C18H23N3O7. The Labute approximate surface area is 161 Å². The first-order valence-corrected chi connectivity index (χ1v) is 8.68. The Morgan fingerprint density at radius 1 is 1.21 bits per heavy atom. The van der Waals surface area contributed by atoms with Crippen LogP contribution in [0.25, 0.3) is 11.6 Å². The molecule has 0 radical (unpaired) electrons. The van der Waals surface area contributed by atoms with Crippen LogP contribution < -0.4 is 0 Å². The Bertz CT molecular complexity index is 878. The highest BCUT2D eigenvalue weighted by molar-refractivity contribution is 5.87. The molecule has 0 aromatic carbocycles. The third-order valence-electron chi connectivity index (χ3n) is 4.00. The van der Waals surface area contributed by atoms with Gasteiger partial charge in [0.15, 0.2) is 11.4 Å². The van der Waals surface area contributed by atoms with Crippen molar-refractivity contribution in [3.05, 3.63) is 24.1 Å². The number of methoxy groups -OCH3 is 1. The molecule has 0 bridgehead atoms. The van der Waals surface area contributed by atoms with E-state index in [0.29, 0.717) is 0 Å². The Morgan fingerprint density at radius 2 is 1.93 bits per heavy atom. The first-order valence-electron chi connectivity index (χ1n) is 8.68. The van der Waals surface area contributed by atoms with Gasteiger partial charge in [-0.15, -0.1) is 0 Å². The standard InChI is InChI=1S/C18H23N3O7/c1-17(2,3)28-16(23)21-12(9-27-18(21,4)5)14-19-10(7-26-14)13-20-11(8-25-13)15(22)24-6/h7-8,12H,9H2,1-6H3. The zero-order chi connectivity index (χ0) is 20.7. The average molecular weight is 393 g/mol. The van der Waals surface area contributed by atoms with Crippen LogP contribution in [0.3, 0.4) is 0 Å². The summed E-state index contributed by atoms with van der Waals surface area (Å²) in [4.78, 5) is 34.1. The van der Waals surface area contributed by atoms with Crippen LogP contribution in [0.2, 0.25) is 0 Å². The van der Waals surface area contributed by atoms with E-state index in [0.717, 1.165) is 0 Å². The van der Waals surface area contributed by atoms with E-state index in [1.165, 1.54) is 24.5 Å². The molecule has 0 saturated carbocycles. The molecule has 2 aromatic heterocycles. The van der Waals surface area contributed by atoms with E-state index in [-0.39, 0.29) is 29.8 Å². The number of oxazole rings is 2. The number of hydrogen-bond donors (Lipinski definition) is 0. The molecule has 2 aromatic rings. The number of aromatic nitrogens is 2. The maximum Gasteiger partial charge on any atom is 0.413 e. The lowest BCUT2D eigenvalue weighted by molar-refractivity contribution is -0.0634. The number of amides is 1. The molecule has 0 N–H and O–H groups in total. The Morgan fingerprint density at radius 3 is 2.57 bits per heavy atom. The monoisotopic (exact) mass is 393 g/mol. The van der Waals surface area contributed by atoms with Crippen molar-refractivity contribution in [3.63, 3.8) is 0 Å². The van der Waals surface area contributed by atoms with Crippen molar-refractivity contribution in [1.29, 1.82) is 0 Å². The van der Waals surface area contributed by atoms with Gasteiger partial charge in [-0.3, -0.25) is 4.90 Å². The summed E-state index contributed by atoms with van der Waals surface area (Å²) >= 11 is 0. The maximum atomic E-state index is 12.7. The third-order valence-corrected chi connectivity index (χ3v) is 4.00. The SMILES string of the molecule is COC(=O)c1coc(-c2coc(C3COC(C)(C)N3C(=O)OC(C)(C)C)n2)n1. The van der Waals surface area contributed by atoms with Crippen molar-refractivity contribution in [2.24, 2.45) is 0 Å². The lowest BCUT2D eigenvalue weighted by Gasteiger charge is -2.34. The van der Waals surface area contributed by atoms with Gasteiger partial charge in [0.05, 0.1) is 13.7 Å². The lowest BCUT2D eigenvalue weighted by atomic mass is 10.2. The fraction of sp³-hybridized carbons (Fsp3) is 0.556. The van der Waals surface area contributed by atoms with Crippen molar-refractivity contribution in [2.45, 2.75) is 52.0 Å². The molecule has 1 unspecified atom stereocenters. The molecular weight excluding hydrogens is 370 g/mol. The normalized spacial score (nSPS) is 18.9. The van der Waals surface area contributed by atoms with Gasteiger partial charge in [0.25, 0.3) is 0 Å². The molecule has 1 saturated heterocycles. The number of carbonyl (C=O) groups is 2. The summed E-state index contributed by atoms with van der Waals surface area (Å²) in [6.45, 7) is 9.07. The fourth-order valence-electron chi connectivity index (χ4n) is 2.77. The van der Waals surface area contributed by atoms with Crippen LogP contribution in [-0.4, -0.2) is 52.0 Å². The first-order chi connectivity index (χ1) is 13.0. The highest BCUT2D eigenvalue weighted by Crippen LogP contribution is 2.38. The quantitative estimate of drug-likeness (QED) is 0.725. The zero-order valence-corrected chi connectivity index (χ0v) is 16.6. The predicted octanol–water partition coefficient (Wildman–Crippen LogP) is 3.16. The fourth-order valence-corrected chi connectivity index (χ4v) is 2.77. The number of carbonyl (C=O) groups excluding carboxylic acids is 2. The summed E-state index contributed by atoms with van der Waals surface area (Å²) in [5.41, 5.74) is -1.27. The second-order valence-electron chi connectivity index (χ2n) is 7.72. The van der Waals surface area contributed by atoms with Gasteiger partial charge in [0, 0.05) is 0 Å². The van der Waals surface area contributed by atoms with Gasteiger partial charge < -0.3 is 23.0 Å². The Hall–Kier alpha value is -2.88. The van der Waals surface area contributed by atoms with E-state index in [1.54, 1.807) is 34.6 Å². The maximum absolute atomic E-state index is 12.7. The molecule has 1 aliphatic rings. The number of ether oxygens (including phenoxy) is 3. The number of hydrogen-bond acceptors (Lipinski definition) is 9. The van der Waals surface area contributed by atoms with Crippen LogP contribution in [0.5, 0.6) is 0 Å². The molecule has 3 heterocycles. The van der Waals surface area contributed by atoms with Gasteiger partial charge in [-0.05, 0) is 34.6 Å². The molecule has 1 aliphatic heterocycles. The van der Waals surface area contributed by atoms with E-state index >= 15 is 0 Å². The number of rotatable bonds is 3. The highest BCUT2D eigenvalue weighted by atomic mass is 16.6. The highest BCUT2D eigenvalue weighted by Gasteiger charge is 2.48. The molecule has 28 heavy (non-hydrogen) atoms. The summed E-state index contributed by atoms with van der Waals surface area (Å²) < 4.78 is 26.6.